The van der Waals surface area contributed by atoms with Crippen molar-refractivity contribution in [3.05, 3.63) is 0 Å². The van der Waals surface area contributed by atoms with Gasteiger partial charge in [0.25, 0.3) is 0 Å². The van der Waals surface area contributed by atoms with Crippen molar-refractivity contribution in [3.63, 3.8) is 0 Å². The van der Waals surface area contributed by atoms with Crippen molar-refractivity contribution in [1.29, 1.82) is 0 Å². The fraction of sp³-hybridized carbons (Fsp3) is 0.857. The molecule has 5 heteroatoms. The first kappa shape index (κ1) is 16.0. The average molecular weight is 270 g/mol. The summed E-state index contributed by atoms with van der Waals surface area (Å²) < 4.78 is 5.23. The van der Waals surface area contributed by atoms with Crippen LogP contribution in [0.2, 0.25) is 0 Å². The molecule has 0 bridgehead atoms. The second-order valence-electron chi connectivity index (χ2n) is 6.60. The van der Waals surface area contributed by atoms with Crippen LogP contribution in [0.25, 0.3) is 0 Å². The Kier molecular flexibility index (Phi) is 4.96. The van der Waals surface area contributed by atoms with Crippen LogP contribution in [0, 0.1) is 5.92 Å². The topological polar surface area (TPSA) is 58.6 Å². The fourth-order valence-corrected chi connectivity index (χ4v) is 2.36. The maximum atomic E-state index is 11.8. The normalized spacial score (nSPS) is 21.5. The van der Waals surface area contributed by atoms with Gasteiger partial charge in [0.05, 0.1) is 5.54 Å². The molecule has 0 saturated carbocycles. The number of hydrogen-bond donors (Lipinski definition) is 1. The summed E-state index contributed by atoms with van der Waals surface area (Å²) in [6, 6.07) is 0. The van der Waals surface area contributed by atoms with Crippen molar-refractivity contribution < 1.29 is 14.3 Å². The van der Waals surface area contributed by atoms with E-state index in [2.05, 4.69) is 17.3 Å². The van der Waals surface area contributed by atoms with E-state index in [0.29, 0.717) is 0 Å². The number of piperidine rings is 1. The molecule has 1 amide bonds. The van der Waals surface area contributed by atoms with Gasteiger partial charge in [-0.1, -0.05) is 0 Å². The Balaban J connectivity index is 2.64. The largest absolute Gasteiger partial charge is 0.444 e. The van der Waals surface area contributed by atoms with Gasteiger partial charge in [0.15, 0.2) is 0 Å². The Morgan fingerprint density at radius 1 is 1.26 bits per heavy atom. The van der Waals surface area contributed by atoms with E-state index in [1.807, 2.05) is 0 Å². The average Bonchev–Trinajstić information content (AvgIpc) is 2.26. The second kappa shape index (κ2) is 5.90. The minimum Gasteiger partial charge on any atom is -0.444 e. The number of ether oxygens (including phenoxy) is 1. The number of aldehydes is 1. The molecule has 5 nitrogen and oxygen atoms in total. The van der Waals surface area contributed by atoms with Gasteiger partial charge in [0, 0.05) is 0 Å². The fourth-order valence-electron chi connectivity index (χ4n) is 2.36. The van der Waals surface area contributed by atoms with Crippen LogP contribution in [0.1, 0.15) is 40.5 Å². The van der Waals surface area contributed by atoms with Gasteiger partial charge in [0.2, 0.25) is 0 Å². The zero-order valence-corrected chi connectivity index (χ0v) is 12.7. The molecular formula is C14H26N2O3. The summed E-state index contributed by atoms with van der Waals surface area (Å²) >= 11 is 0. The predicted octanol–water partition coefficient (Wildman–Crippen LogP) is 1.81. The van der Waals surface area contributed by atoms with Gasteiger partial charge >= 0.3 is 6.09 Å². The van der Waals surface area contributed by atoms with Gasteiger partial charge in [-0.15, -0.1) is 0 Å². The van der Waals surface area contributed by atoms with Crippen LogP contribution in [0.3, 0.4) is 0 Å². The molecule has 1 N–H and O–H groups in total. The molecule has 1 unspecified atom stereocenters. The number of nitrogens with zero attached hydrogens (tertiary/aromatic N) is 1. The molecular weight excluding hydrogens is 244 g/mol. The zero-order chi connectivity index (χ0) is 14.7. The first-order valence-corrected chi connectivity index (χ1v) is 6.82. The van der Waals surface area contributed by atoms with Gasteiger partial charge in [0.1, 0.15) is 11.9 Å². The Morgan fingerprint density at radius 3 is 2.21 bits per heavy atom. The number of hydrogen-bond acceptors (Lipinski definition) is 4. The summed E-state index contributed by atoms with van der Waals surface area (Å²) in [6.45, 7) is 9.09. The first-order chi connectivity index (χ1) is 8.66. The molecule has 1 aliphatic rings. The van der Waals surface area contributed by atoms with Crippen LogP contribution in [0.15, 0.2) is 0 Å². The smallest absolute Gasteiger partial charge is 0.408 e. The van der Waals surface area contributed by atoms with Gasteiger partial charge in [-0.25, -0.2) is 4.79 Å². The molecule has 1 heterocycles. The highest BCUT2D eigenvalue weighted by molar-refractivity contribution is 5.76. The molecule has 0 spiro atoms. The van der Waals surface area contributed by atoms with E-state index < -0.39 is 17.2 Å². The summed E-state index contributed by atoms with van der Waals surface area (Å²) in [6.07, 6.45) is 2.12. The lowest BCUT2D eigenvalue weighted by Gasteiger charge is -2.39. The molecule has 0 radical (unpaired) electrons. The van der Waals surface area contributed by atoms with Crippen LogP contribution >= 0.6 is 0 Å². The van der Waals surface area contributed by atoms with Crippen molar-refractivity contribution in [3.8, 4) is 0 Å². The standard InChI is InChI=1S/C14H26N2O3/c1-13(2,3)19-12(18)15-14(4,10-17)11-6-8-16(5)9-7-11/h10-11H,6-9H2,1-5H3,(H,15,18). The highest BCUT2D eigenvalue weighted by atomic mass is 16.6. The van der Waals surface area contributed by atoms with Crippen LogP contribution < -0.4 is 5.32 Å². The number of carbonyl (C=O) groups excluding carboxylic acids is 2. The third-order valence-electron chi connectivity index (χ3n) is 3.58. The maximum absolute atomic E-state index is 11.8. The summed E-state index contributed by atoms with van der Waals surface area (Å²) in [7, 11) is 2.07. The van der Waals surface area contributed by atoms with Gasteiger partial charge in [-0.2, -0.15) is 0 Å². The molecule has 1 aliphatic heterocycles. The Bertz CT molecular complexity index is 330. The Labute approximate surface area is 115 Å². The monoisotopic (exact) mass is 270 g/mol. The van der Waals surface area contributed by atoms with Crippen molar-refractivity contribution >= 4 is 12.4 Å². The maximum Gasteiger partial charge on any atom is 0.408 e. The lowest BCUT2D eigenvalue weighted by molar-refractivity contribution is -0.115. The minimum atomic E-state index is -0.844. The molecule has 1 saturated heterocycles. The van der Waals surface area contributed by atoms with E-state index in [4.69, 9.17) is 4.74 Å². The SMILES string of the molecule is CN1CCC(C(C)(C=O)NC(=O)OC(C)(C)C)CC1. The van der Waals surface area contributed by atoms with Crippen molar-refractivity contribution in [2.45, 2.75) is 51.7 Å². The molecule has 110 valence electrons. The molecule has 0 aromatic carbocycles. The van der Waals surface area contributed by atoms with E-state index in [0.717, 1.165) is 32.2 Å². The summed E-state index contributed by atoms with van der Waals surface area (Å²) in [5.74, 6) is 0.161. The Hall–Kier alpha value is -1.10. The van der Waals surface area contributed by atoms with Gasteiger partial charge in [-0.3, -0.25) is 0 Å². The summed E-state index contributed by atoms with van der Waals surface area (Å²) in [5.41, 5.74) is -1.40. The number of nitrogens with one attached hydrogen (secondary N) is 1. The van der Waals surface area contributed by atoms with E-state index in [1.165, 1.54) is 0 Å². The first-order valence-electron chi connectivity index (χ1n) is 6.82. The highest BCUT2D eigenvalue weighted by Crippen LogP contribution is 2.27. The van der Waals surface area contributed by atoms with Crippen LogP contribution in [-0.4, -0.2) is 48.6 Å². The number of rotatable bonds is 3. The molecule has 1 fully saturated rings. The van der Waals surface area contributed by atoms with E-state index in [9.17, 15) is 9.59 Å². The molecule has 1 atom stereocenters. The second-order valence-corrected chi connectivity index (χ2v) is 6.60. The van der Waals surface area contributed by atoms with E-state index >= 15 is 0 Å². The van der Waals surface area contributed by atoms with Crippen molar-refractivity contribution in [1.82, 2.24) is 10.2 Å². The van der Waals surface area contributed by atoms with E-state index in [-0.39, 0.29) is 5.92 Å². The van der Waals surface area contributed by atoms with Crippen LogP contribution in [0.4, 0.5) is 4.79 Å². The summed E-state index contributed by atoms with van der Waals surface area (Å²) in [5, 5.41) is 2.74. The third-order valence-corrected chi connectivity index (χ3v) is 3.58. The number of likely N-dealkylation sites (tertiary alicyclic amines) is 1. The Morgan fingerprint density at radius 2 is 1.79 bits per heavy atom. The molecule has 19 heavy (non-hydrogen) atoms. The number of alkyl carbamates (subject to hydrolysis) is 1. The number of carbonyl (C=O) groups is 2. The number of amides is 1. The third kappa shape index (κ3) is 4.82. The van der Waals surface area contributed by atoms with E-state index in [1.54, 1.807) is 27.7 Å². The zero-order valence-electron chi connectivity index (χ0n) is 12.7. The molecule has 1 rings (SSSR count). The lowest BCUT2D eigenvalue weighted by atomic mass is 9.80. The van der Waals surface area contributed by atoms with Crippen LogP contribution in [0.5, 0.6) is 0 Å². The molecule has 0 aromatic rings. The quantitative estimate of drug-likeness (QED) is 0.795. The minimum absolute atomic E-state index is 0.161. The molecule has 0 aliphatic carbocycles. The van der Waals surface area contributed by atoms with Gasteiger partial charge in [-0.05, 0) is 66.6 Å². The lowest BCUT2D eigenvalue weighted by Crippen LogP contribution is -2.56. The van der Waals surface area contributed by atoms with Crippen molar-refractivity contribution in [2.75, 3.05) is 20.1 Å². The summed E-state index contributed by atoms with van der Waals surface area (Å²) in [4.78, 5) is 25.5. The highest BCUT2D eigenvalue weighted by Gasteiger charge is 2.38. The molecule has 0 aromatic heterocycles. The predicted molar refractivity (Wildman–Crippen MR) is 74.1 cm³/mol. The van der Waals surface area contributed by atoms with Gasteiger partial charge < -0.3 is 19.7 Å². The van der Waals surface area contributed by atoms with Crippen LogP contribution in [-0.2, 0) is 9.53 Å². The van der Waals surface area contributed by atoms with Crippen molar-refractivity contribution in [2.24, 2.45) is 5.92 Å².